The fourth-order valence-electron chi connectivity index (χ4n) is 5.72. The molecule has 170 valence electrons. The predicted octanol–water partition coefficient (Wildman–Crippen LogP) is 8.46. The van der Waals surface area contributed by atoms with Crippen LogP contribution in [0.3, 0.4) is 0 Å². The summed E-state index contributed by atoms with van der Waals surface area (Å²) in [5.41, 5.74) is 1.65. The highest BCUT2D eigenvalue weighted by Gasteiger charge is 2.35. The van der Waals surface area contributed by atoms with Gasteiger partial charge in [-0.15, -0.1) is 0 Å². The molecule has 4 atom stereocenters. The molecule has 0 amide bonds. The van der Waals surface area contributed by atoms with Gasteiger partial charge in [0.15, 0.2) is 0 Å². The molecule has 0 heterocycles. The normalized spacial score (nSPS) is 25.9. The van der Waals surface area contributed by atoms with Crippen LogP contribution in [-0.4, -0.2) is 6.61 Å². The molecule has 2 aromatic rings. The van der Waals surface area contributed by atoms with Crippen LogP contribution in [0, 0.1) is 29.4 Å². The molecular formula is C29H34F2O. The summed E-state index contributed by atoms with van der Waals surface area (Å²) in [6.45, 7) is 4.40. The molecule has 0 aromatic heterocycles. The summed E-state index contributed by atoms with van der Waals surface area (Å²) in [4.78, 5) is 0. The van der Waals surface area contributed by atoms with E-state index in [1.165, 1.54) is 31.7 Å². The van der Waals surface area contributed by atoms with E-state index in [0.717, 1.165) is 36.2 Å². The molecule has 0 aliphatic heterocycles. The van der Waals surface area contributed by atoms with Crippen molar-refractivity contribution >= 4 is 0 Å². The lowest BCUT2D eigenvalue weighted by Gasteiger charge is -2.41. The highest BCUT2D eigenvalue weighted by Crippen LogP contribution is 2.48. The molecule has 0 saturated heterocycles. The average molecular weight is 437 g/mol. The lowest BCUT2D eigenvalue weighted by Crippen LogP contribution is -2.30. The fraction of sp³-hybridized carbons (Fsp3) is 0.448. The quantitative estimate of drug-likeness (QED) is 0.413. The van der Waals surface area contributed by atoms with E-state index in [4.69, 9.17) is 4.74 Å². The Hall–Kier alpha value is -2.42. The Morgan fingerprint density at radius 3 is 2.28 bits per heavy atom. The molecule has 1 nitrogen and oxygen atoms in total. The summed E-state index contributed by atoms with van der Waals surface area (Å²) in [6, 6.07) is 10.0. The van der Waals surface area contributed by atoms with Crippen molar-refractivity contribution in [2.45, 2.75) is 58.3 Å². The smallest absolute Gasteiger partial charge is 0.134 e. The first-order valence-electron chi connectivity index (χ1n) is 12.0. The number of halogens is 2. The summed E-state index contributed by atoms with van der Waals surface area (Å²) in [5, 5.41) is 0. The van der Waals surface area contributed by atoms with Gasteiger partial charge in [0.25, 0.3) is 0 Å². The van der Waals surface area contributed by atoms with Crippen molar-refractivity contribution in [3.05, 3.63) is 77.9 Å². The van der Waals surface area contributed by atoms with E-state index >= 15 is 4.39 Å². The standard InChI is InChI=1S/C29H34F2O/c1-3-5-15-32-25-12-14-27(29(31)19-25)26-13-11-24(18-28(26)30)23-10-9-21-16-20(6-4-2)7-8-22(21)17-23/h3-6,11-14,18-23H,7-10,15-17H2,1-2H3/b5-3+,6-4+. The van der Waals surface area contributed by atoms with Gasteiger partial charge in [0, 0.05) is 17.2 Å². The third-order valence-corrected chi connectivity index (χ3v) is 7.40. The topological polar surface area (TPSA) is 9.23 Å². The van der Waals surface area contributed by atoms with E-state index < -0.39 is 5.82 Å². The van der Waals surface area contributed by atoms with Crippen LogP contribution < -0.4 is 4.74 Å². The summed E-state index contributed by atoms with van der Waals surface area (Å²) in [6.07, 6.45) is 15.7. The third-order valence-electron chi connectivity index (χ3n) is 7.40. The lowest BCUT2D eigenvalue weighted by molar-refractivity contribution is 0.133. The molecular weight excluding hydrogens is 402 g/mol. The zero-order valence-corrected chi connectivity index (χ0v) is 19.2. The van der Waals surface area contributed by atoms with E-state index in [0.29, 0.717) is 23.8 Å². The zero-order valence-electron chi connectivity index (χ0n) is 19.2. The van der Waals surface area contributed by atoms with Crippen molar-refractivity contribution < 1.29 is 13.5 Å². The number of hydrogen-bond acceptors (Lipinski definition) is 1. The molecule has 3 heteroatoms. The van der Waals surface area contributed by atoms with Gasteiger partial charge in [-0.25, -0.2) is 8.78 Å². The molecule has 2 fully saturated rings. The molecule has 2 aliphatic rings. The van der Waals surface area contributed by atoms with E-state index in [2.05, 4.69) is 19.1 Å². The van der Waals surface area contributed by atoms with Gasteiger partial charge in [0.1, 0.15) is 24.0 Å². The molecule has 2 aliphatic carbocycles. The molecule has 4 rings (SSSR count). The van der Waals surface area contributed by atoms with Crippen molar-refractivity contribution in [1.82, 2.24) is 0 Å². The first-order chi connectivity index (χ1) is 15.6. The Morgan fingerprint density at radius 1 is 0.844 bits per heavy atom. The van der Waals surface area contributed by atoms with Crippen LogP contribution in [0.4, 0.5) is 8.78 Å². The largest absolute Gasteiger partial charge is 0.489 e. The van der Waals surface area contributed by atoms with Gasteiger partial charge >= 0.3 is 0 Å². The highest BCUT2D eigenvalue weighted by molar-refractivity contribution is 5.66. The summed E-state index contributed by atoms with van der Waals surface area (Å²) in [7, 11) is 0. The molecule has 0 N–H and O–H groups in total. The Morgan fingerprint density at radius 2 is 1.56 bits per heavy atom. The minimum atomic E-state index is -0.465. The second-order valence-corrected chi connectivity index (χ2v) is 9.39. The van der Waals surface area contributed by atoms with Gasteiger partial charge in [-0.2, -0.15) is 0 Å². The maximum Gasteiger partial charge on any atom is 0.134 e. The Kier molecular flexibility index (Phi) is 7.44. The number of hydrogen-bond donors (Lipinski definition) is 0. The minimum absolute atomic E-state index is 0.276. The second kappa shape index (κ2) is 10.5. The lowest BCUT2D eigenvalue weighted by atomic mass is 9.64. The van der Waals surface area contributed by atoms with Crippen LogP contribution in [0.15, 0.2) is 60.7 Å². The van der Waals surface area contributed by atoms with Gasteiger partial charge in [-0.1, -0.05) is 36.4 Å². The van der Waals surface area contributed by atoms with Gasteiger partial charge in [0.2, 0.25) is 0 Å². The van der Waals surface area contributed by atoms with E-state index in [-0.39, 0.29) is 11.4 Å². The van der Waals surface area contributed by atoms with Crippen LogP contribution in [0.2, 0.25) is 0 Å². The summed E-state index contributed by atoms with van der Waals surface area (Å²) >= 11 is 0. The average Bonchev–Trinajstić information content (AvgIpc) is 2.80. The summed E-state index contributed by atoms with van der Waals surface area (Å²) < 4.78 is 35.2. The van der Waals surface area contributed by atoms with Crippen molar-refractivity contribution in [1.29, 1.82) is 0 Å². The third kappa shape index (κ3) is 5.14. The number of benzene rings is 2. The maximum atomic E-state index is 15.1. The number of allylic oxidation sites excluding steroid dienone is 3. The van der Waals surface area contributed by atoms with Crippen LogP contribution in [-0.2, 0) is 0 Å². The molecule has 0 radical (unpaired) electrons. The number of ether oxygens (including phenoxy) is 1. The minimum Gasteiger partial charge on any atom is -0.489 e. The van der Waals surface area contributed by atoms with Gasteiger partial charge in [-0.05, 0) is 99.8 Å². The van der Waals surface area contributed by atoms with Gasteiger partial charge in [0.05, 0.1) is 0 Å². The Bertz CT molecular complexity index is 977. The first-order valence-corrected chi connectivity index (χ1v) is 12.0. The summed E-state index contributed by atoms with van der Waals surface area (Å²) in [5.74, 6) is 2.35. The zero-order chi connectivity index (χ0) is 22.5. The molecule has 2 saturated carbocycles. The SMILES string of the molecule is C/C=C/COc1ccc(-c2ccc(C3CCC4CC(/C=C/C)CCC4C3)cc2F)c(F)c1. The van der Waals surface area contributed by atoms with Crippen molar-refractivity contribution in [3.63, 3.8) is 0 Å². The number of rotatable bonds is 6. The van der Waals surface area contributed by atoms with Crippen LogP contribution in [0.1, 0.15) is 63.9 Å². The monoisotopic (exact) mass is 436 g/mol. The highest BCUT2D eigenvalue weighted by atomic mass is 19.1. The van der Waals surface area contributed by atoms with Crippen molar-refractivity contribution in [2.24, 2.45) is 17.8 Å². The van der Waals surface area contributed by atoms with Crippen LogP contribution in [0.5, 0.6) is 5.75 Å². The van der Waals surface area contributed by atoms with Crippen LogP contribution >= 0.6 is 0 Å². The molecule has 32 heavy (non-hydrogen) atoms. The Labute approximate surface area is 191 Å². The van der Waals surface area contributed by atoms with E-state index in [1.54, 1.807) is 24.3 Å². The van der Waals surface area contributed by atoms with Crippen molar-refractivity contribution in [2.75, 3.05) is 6.61 Å². The molecule has 2 aromatic carbocycles. The Balaban J connectivity index is 1.45. The van der Waals surface area contributed by atoms with E-state index in [1.807, 2.05) is 25.1 Å². The maximum absolute atomic E-state index is 15.1. The number of fused-ring (bicyclic) bond motifs is 1. The molecule has 0 spiro atoms. The predicted molar refractivity (Wildman–Crippen MR) is 128 cm³/mol. The fourth-order valence-corrected chi connectivity index (χ4v) is 5.72. The van der Waals surface area contributed by atoms with Gasteiger partial charge < -0.3 is 4.74 Å². The second-order valence-electron chi connectivity index (χ2n) is 9.39. The van der Waals surface area contributed by atoms with Gasteiger partial charge in [-0.3, -0.25) is 0 Å². The molecule has 0 bridgehead atoms. The van der Waals surface area contributed by atoms with E-state index in [9.17, 15) is 4.39 Å². The van der Waals surface area contributed by atoms with Crippen molar-refractivity contribution in [3.8, 4) is 16.9 Å². The van der Waals surface area contributed by atoms with Crippen LogP contribution in [0.25, 0.3) is 11.1 Å². The first kappa shape index (κ1) is 22.8. The molecule has 4 unspecified atom stereocenters.